The first-order valence-corrected chi connectivity index (χ1v) is 22.9. The number of aromatic carboxylic acids is 1. The maximum Gasteiger partial charge on any atom is 0.335 e. The van der Waals surface area contributed by atoms with Crippen LogP contribution in [0.5, 0.6) is 0 Å². The average molecular weight is 731 g/mol. The minimum absolute atomic E-state index is 0.0317. The Bertz CT molecular complexity index is 1680. The van der Waals surface area contributed by atoms with E-state index in [-0.39, 0.29) is 10.8 Å². The van der Waals surface area contributed by atoms with Gasteiger partial charge in [0, 0.05) is 37.7 Å². The molecule has 4 saturated carbocycles. The fraction of sp³-hybridized carbons (Fsp3) is 0.739. The highest BCUT2D eigenvalue weighted by Crippen LogP contribution is 2.78. The molecule has 0 unspecified atom stereocenters. The molecule has 5 fully saturated rings. The number of nitrogens with zero attached hydrogens (tertiary/aromatic N) is 2. The molecule has 0 amide bonds. The van der Waals surface area contributed by atoms with Crippen molar-refractivity contribution in [3.05, 3.63) is 53.6 Å². The van der Waals surface area contributed by atoms with E-state index in [0.717, 1.165) is 55.9 Å². The van der Waals surface area contributed by atoms with Crippen molar-refractivity contribution in [2.45, 2.75) is 106 Å². The molecule has 1 aromatic carbocycles. The Morgan fingerprint density at radius 2 is 1.62 bits per heavy atom. The van der Waals surface area contributed by atoms with Crippen molar-refractivity contribution in [1.29, 1.82) is 0 Å². The molecule has 6 aliphatic rings. The first kappa shape index (κ1) is 38.4. The minimum atomic E-state index is -1.84. The molecule has 1 heterocycles. The molecular weight excluding hydrogens is 661 g/mol. The summed E-state index contributed by atoms with van der Waals surface area (Å²) < 4.78 is 12.4. The third-order valence-corrected chi connectivity index (χ3v) is 19.5. The highest BCUT2D eigenvalue weighted by Gasteiger charge is 2.70. The van der Waals surface area contributed by atoms with Crippen LogP contribution in [0.25, 0.3) is 5.57 Å². The van der Waals surface area contributed by atoms with Crippen molar-refractivity contribution in [2.75, 3.05) is 51.3 Å². The zero-order valence-corrected chi connectivity index (χ0v) is 34.6. The Morgan fingerprint density at radius 3 is 2.27 bits per heavy atom. The van der Waals surface area contributed by atoms with Crippen LogP contribution >= 0.6 is 0 Å². The Kier molecular flexibility index (Phi) is 9.89. The van der Waals surface area contributed by atoms with E-state index in [1.54, 1.807) is 12.1 Å². The molecule has 7 rings (SSSR count). The van der Waals surface area contributed by atoms with Gasteiger partial charge in [-0.25, -0.2) is 4.79 Å². The van der Waals surface area contributed by atoms with Crippen molar-refractivity contribution in [3.63, 3.8) is 0 Å². The SMILES string of the molecule is C=C(C)[C@@H]1CC[C@]2(CCN(C)CCN3CCS(=C)(=O)CC3)CC[C@]3(C)[C@H](CC[C@@H]4[C@@]5(C)CC=C(c6ccc(C(=O)O)cc6)C(C)(C)[C@@H]5CC[C@]43C)[C@@H]12. The largest absolute Gasteiger partial charge is 0.478 e. The molecule has 5 nitrogen and oxygen atoms in total. The Hall–Kier alpha value is -1.89. The molecule has 9 atom stereocenters. The minimum Gasteiger partial charge on any atom is -0.478 e. The average Bonchev–Trinajstić information content (AvgIpc) is 3.47. The van der Waals surface area contributed by atoms with Crippen molar-refractivity contribution in [3.8, 4) is 0 Å². The van der Waals surface area contributed by atoms with E-state index < -0.39 is 15.5 Å². The standard InChI is InChI=1S/C46H70N2O3S/c1-32(2)35-16-21-46(24-25-47(8)26-27-48-28-30-52(9,51)31-29-48)23-22-44(6)37(40(35)46)14-15-39-43(5)19-17-36(33-10-12-34(13-11-33)41(49)50)42(3,4)38(43)18-20-45(39,44)7/h10-13,17,35,37-40H,1,9,14-16,18-31H2,2-8H3,(H,49,50)/t35-,37+,38-,39+,40+,43-,44+,45+,46+/m0/s1. The van der Waals surface area contributed by atoms with Gasteiger partial charge in [0.25, 0.3) is 0 Å². The smallest absolute Gasteiger partial charge is 0.335 e. The predicted molar refractivity (Wildman–Crippen MR) is 219 cm³/mol. The highest BCUT2D eigenvalue weighted by atomic mass is 32.2. The number of carboxylic acid groups (broad SMARTS) is 1. The van der Waals surface area contributed by atoms with E-state index >= 15 is 0 Å². The molecular formula is C46H70N2O3S. The fourth-order valence-electron chi connectivity index (χ4n) is 14.5. The van der Waals surface area contributed by atoms with Gasteiger partial charge in [-0.15, -0.1) is 0 Å². The quantitative estimate of drug-likeness (QED) is 0.203. The van der Waals surface area contributed by atoms with E-state index in [1.807, 2.05) is 12.1 Å². The summed E-state index contributed by atoms with van der Waals surface area (Å²) >= 11 is 0. The number of carboxylic acids is 1. The number of benzene rings is 1. The van der Waals surface area contributed by atoms with Gasteiger partial charge in [-0.1, -0.05) is 65.0 Å². The second-order valence-electron chi connectivity index (χ2n) is 20.2. The van der Waals surface area contributed by atoms with Crippen LogP contribution in [0.1, 0.15) is 122 Å². The number of hydrogen-bond acceptors (Lipinski definition) is 4. The summed E-state index contributed by atoms with van der Waals surface area (Å²) in [4.78, 5) is 16.7. The van der Waals surface area contributed by atoms with E-state index in [4.69, 9.17) is 0 Å². The van der Waals surface area contributed by atoms with E-state index in [2.05, 4.69) is 76.9 Å². The number of fused-ring (bicyclic) bond motifs is 7. The summed E-state index contributed by atoms with van der Waals surface area (Å²) in [7, 11) is 0.494. The zero-order valence-electron chi connectivity index (χ0n) is 33.8. The van der Waals surface area contributed by atoms with Crippen LogP contribution in [0.4, 0.5) is 0 Å². The molecule has 1 aromatic rings. The second kappa shape index (κ2) is 13.4. The third kappa shape index (κ3) is 6.12. The number of hydrogen-bond donors (Lipinski definition) is 1. The second-order valence-corrected chi connectivity index (χ2v) is 23.0. The van der Waals surface area contributed by atoms with Gasteiger partial charge in [-0.05, 0) is 180 Å². The molecule has 6 heteroatoms. The topological polar surface area (TPSA) is 60.9 Å². The summed E-state index contributed by atoms with van der Waals surface area (Å²) in [5, 5.41) is 9.51. The lowest BCUT2D eigenvalue weighted by Gasteiger charge is -2.72. The lowest BCUT2D eigenvalue weighted by atomic mass is 9.32. The molecule has 1 N–H and O–H groups in total. The Morgan fingerprint density at radius 1 is 0.923 bits per heavy atom. The van der Waals surface area contributed by atoms with Crippen molar-refractivity contribution >= 4 is 26.9 Å². The number of allylic oxidation sites excluding steroid dienone is 3. The van der Waals surface area contributed by atoms with Crippen LogP contribution in [-0.4, -0.2) is 82.2 Å². The molecule has 0 radical (unpaired) electrons. The Labute approximate surface area is 317 Å². The molecule has 288 valence electrons. The monoisotopic (exact) mass is 731 g/mol. The number of likely N-dealkylation sites (N-methyl/N-ethyl adjacent to an activating group) is 1. The lowest BCUT2D eigenvalue weighted by Crippen LogP contribution is -2.65. The number of carbonyl (C=O) groups is 1. The van der Waals surface area contributed by atoms with Crippen LogP contribution in [0.2, 0.25) is 0 Å². The fourth-order valence-corrected chi connectivity index (χ4v) is 15.9. The van der Waals surface area contributed by atoms with Crippen LogP contribution in [0.15, 0.2) is 42.5 Å². The summed E-state index contributed by atoms with van der Waals surface area (Å²) in [5.41, 5.74) is 5.78. The van der Waals surface area contributed by atoms with Gasteiger partial charge < -0.3 is 14.9 Å². The lowest BCUT2D eigenvalue weighted by molar-refractivity contribution is -0.226. The summed E-state index contributed by atoms with van der Waals surface area (Å²) in [6.45, 7) is 25.3. The molecule has 0 aromatic heterocycles. The maximum atomic E-state index is 12.4. The van der Waals surface area contributed by atoms with E-state index in [9.17, 15) is 14.1 Å². The summed E-state index contributed by atoms with van der Waals surface area (Å²) in [5.74, 6) is 8.09. The van der Waals surface area contributed by atoms with Crippen molar-refractivity contribution < 1.29 is 14.1 Å². The molecule has 52 heavy (non-hydrogen) atoms. The molecule has 0 spiro atoms. The van der Waals surface area contributed by atoms with Crippen LogP contribution in [-0.2, 0) is 9.52 Å². The van der Waals surface area contributed by atoms with Gasteiger partial charge in [0.15, 0.2) is 0 Å². The Balaban J connectivity index is 1.11. The van der Waals surface area contributed by atoms with E-state index in [0.29, 0.717) is 39.6 Å². The molecule has 0 bridgehead atoms. The van der Waals surface area contributed by atoms with Gasteiger partial charge in [-0.2, -0.15) is 0 Å². The summed E-state index contributed by atoms with van der Waals surface area (Å²) in [6.07, 6.45) is 15.7. The molecule has 1 saturated heterocycles. The first-order valence-electron chi connectivity index (χ1n) is 20.8. The van der Waals surface area contributed by atoms with Crippen molar-refractivity contribution in [2.24, 2.45) is 56.7 Å². The maximum absolute atomic E-state index is 12.4. The molecule has 1 aliphatic heterocycles. The van der Waals surface area contributed by atoms with Gasteiger partial charge in [-0.3, -0.25) is 4.21 Å². The van der Waals surface area contributed by atoms with Crippen LogP contribution in [0.3, 0.4) is 0 Å². The van der Waals surface area contributed by atoms with Gasteiger partial charge >= 0.3 is 5.97 Å². The van der Waals surface area contributed by atoms with Crippen LogP contribution in [0, 0.1) is 56.7 Å². The molecule has 5 aliphatic carbocycles. The zero-order chi connectivity index (χ0) is 37.5. The van der Waals surface area contributed by atoms with Gasteiger partial charge in [0.05, 0.1) is 5.56 Å². The third-order valence-electron chi connectivity index (χ3n) is 17.6. The summed E-state index contributed by atoms with van der Waals surface area (Å²) in [6, 6.07) is 7.65. The van der Waals surface area contributed by atoms with Crippen molar-refractivity contribution in [1.82, 2.24) is 9.80 Å². The predicted octanol–water partition coefficient (Wildman–Crippen LogP) is 9.39. The van der Waals surface area contributed by atoms with Gasteiger partial charge in [0.2, 0.25) is 0 Å². The number of rotatable bonds is 9. The van der Waals surface area contributed by atoms with Crippen LogP contribution < -0.4 is 0 Å². The highest BCUT2D eigenvalue weighted by molar-refractivity contribution is 8.00. The van der Waals surface area contributed by atoms with Gasteiger partial charge in [0.1, 0.15) is 0 Å². The first-order chi connectivity index (χ1) is 24.4. The normalized spacial score (nSPS) is 40.9. The van der Waals surface area contributed by atoms with E-state index in [1.165, 1.54) is 81.0 Å².